The highest BCUT2D eigenvalue weighted by Crippen LogP contribution is 2.15. The monoisotopic (exact) mass is 308 g/mol. The second-order valence-electron chi connectivity index (χ2n) is 3.81. The summed E-state index contributed by atoms with van der Waals surface area (Å²) in [6, 6.07) is 7.46. The number of aryl methyl sites for hydroxylation is 1. The Balaban J connectivity index is 1.85. The van der Waals surface area contributed by atoms with Crippen LogP contribution in [-0.2, 0) is 11.8 Å². The van der Waals surface area contributed by atoms with Gasteiger partial charge in [0.15, 0.2) is 0 Å². The van der Waals surface area contributed by atoms with E-state index < -0.39 is 0 Å². The number of nitrogens with zero attached hydrogens (tertiary/aromatic N) is 2. The number of anilines is 2. The van der Waals surface area contributed by atoms with Crippen LogP contribution in [0.5, 0.6) is 0 Å². The molecule has 2 rings (SSSR count). The maximum atomic E-state index is 11.7. The van der Waals surface area contributed by atoms with E-state index in [1.807, 2.05) is 37.5 Å². The van der Waals surface area contributed by atoms with Crippen molar-refractivity contribution in [3.8, 4) is 0 Å². The fourth-order valence-electron chi connectivity index (χ4n) is 1.47. The predicted molar refractivity (Wildman–Crippen MR) is 74.5 cm³/mol. The first kappa shape index (κ1) is 12.6. The summed E-state index contributed by atoms with van der Waals surface area (Å²) >= 11 is 3.35. The lowest BCUT2D eigenvalue weighted by molar-refractivity contribution is -0.114. The lowest BCUT2D eigenvalue weighted by atomic mass is 10.3. The summed E-state index contributed by atoms with van der Waals surface area (Å²) in [5, 5.41) is 9.80. The first-order valence-corrected chi connectivity index (χ1v) is 6.21. The maximum absolute atomic E-state index is 11.7. The van der Waals surface area contributed by atoms with Crippen LogP contribution in [0.3, 0.4) is 0 Å². The fraction of sp³-hybridized carbons (Fsp3) is 0.167. The van der Waals surface area contributed by atoms with Crippen molar-refractivity contribution in [2.24, 2.45) is 7.05 Å². The average Bonchev–Trinajstić information content (AvgIpc) is 2.73. The van der Waals surface area contributed by atoms with Gasteiger partial charge in [0.2, 0.25) is 5.91 Å². The van der Waals surface area contributed by atoms with Gasteiger partial charge in [-0.05, 0) is 18.2 Å². The first-order chi connectivity index (χ1) is 8.63. The van der Waals surface area contributed by atoms with Crippen LogP contribution in [0.25, 0.3) is 0 Å². The Bertz CT molecular complexity index is 553. The van der Waals surface area contributed by atoms with Crippen molar-refractivity contribution in [1.82, 2.24) is 9.78 Å². The summed E-state index contributed by atoms with van der Waals surface area (Å²) in [4.78, 5) is 11.7. The Morgan fingerprint density at radius 1 is 1.44 bits per heavy atom. The Labute approximate surface area is 113 Å². The van der Waals surface area contributed by atoms with Gasteiger partial charge in [-0.2, -0.15) is 5.10 Å². The standard InChI is InChI=1S/C12H13BrN4O/c1-17-8-11(6-15-17)14-7-12(18)16-10-4-2-3-9(13)5-10/h2-6,8,14H,7H2,1H3,(H,16,18). The van der Waals surface area contributed by atoms with E-state index in [1.165, 1.54) is 0 Å². The number of amides is 1. The van der Waals surface area contributed by atoms with Crippen molar-refractivity contribution in [2.75, 3.05) is 17.2 Å². The Hall–Kier alpha value is -1.82. The zero-order valence-electron chi connectivity index (χ0n) is 9.85. The van der Waals surface area contributed by atoms with Crippen LogP contribution in [0.2, 0.25) is 0 Å². The van der Waals surface area contributed by atoms with Gasteiger partial charge >= 0.3 is 0 Å². The average molecular weight is 309 g/mol. The molecule has 1 aromatic heterocycles. The molecule has 0 fully saturated rings. The van der Waals surface area contributed by atoms with Crippen LogP contribution >= 0.6 is 15.9 Å². The number of carbonyl (C=O) groups is 1. The molecule has 0 saturated heterocycles. The van der Waals surface area contributed by atoms with Gasteiger partial charge in [-0.15, -0.1) is 0 Å². The van der Waals surface area contributed by atoms with Gasteiger partial charge in [-0.3, -0.25) is 9.48 Å². The fourth-order valence-corrected chi connectivity index (χ4v) is 1.87. The third-order valence-electron chi connectivity index (χ3n) is 2.27. The molecule has 6 heteroatoms. The molecule has 1 heterocycles. The topological polar surface area (TPSA) is 59.0 Å². The molecular weight excluding hydrogens is 296 g/mol. The summed E-state index contributed by atoms with van der Waals surface area (Å²) in [6.45, 7) is 0.207. The molecule has 0 aliphatic carbocycles. The predicted octanol–water partition coefficient (Wildman–Crippen LogP) is 2.23. The van der Waals surface area contributed by atoms with E-state index in [9.17, 15) is 4.79 Å². The van der Waals surface area contributed by atoms with E-state index in [0.29, 0.717) is 0 Å². The van der Waals surface area contributed by atoms with Crippen LogP contribution in [-0.4, -0.2) is 22.2 Å². The zero-order chi connectivity index (χ0) is 13.0. The van der Waals surface area contributed by atoms with E-state index in [1.54, 1.807) is 10.9 Å². The van der Waals surface area contributed by atoms with Crippen molar-refractivity contribution in [3.05, 3.63) is 41.1 Å². The Morgan fingerprint density at radius 3 is 2.94 bits per heavy atom. The molecule has 1 amide bonds. The number of hydrogen-bond acceptors (Lipinski definition) is 3. The van der Waals surface area contributed by atoms with E-state index in [-0.39, 0.29) is 12.5 Å². The SMILES string of the molecule is Cn1cc(NCC(=O)Nc2cccc(Br)c2)cn1. The number of hydrogen-bond donors (Lipinski definition) is 2. The molecule has 0 bridgehead atoms. The summed E-state index contributed by atoms with van der Waals surface area (Å²) in [5.74, 6) is -0.100. The number of benzene rings is 1. The normalized spacial score (nSPS) is 10.1. The molecule has 94 valence electrons. The molecule has 1 aromatic carbocycles. The third kappa shape index (κ3) is 3.59. The first-order valence-electron chi connectivity index (χ1n) is 5.41. The van der Waals surface area contributed by atoms with Crippen molar-refractivity contribution < 1.29 is 4.79 Å². The molecule has 2 aromatic rings. The highest BCUT2D eigenvalue weighted by atomic mass is 79.9. The van der Waals surface area contributed by atoms with Crippen LogP contribution in [0.4, 0.5) is 11.4 Å². The van der Waals surface area contributed by atoms with Crippen molar-refractivity contribution in [2.45, 2.75) is 0 Å². The van der Waals surface area contributed by atoms with Gasteiger partial charge in [0.05, 0.1) is 18.4 Å². The van der Waals surface area contributed by atoms with Gasteiger partial charge in [0, 0.05) is 23.4 Å². The Morgan fingerprint density at radius 2 is 2.28 bits per heavy atom. The number of nitrogens with one attached hydrogen (secondary N) is 2. The van der Waals surface area contributed by atoms with E-state index in [2.05, 4.69) is 31.7 Å². The van der Waals surface area contributed by atoms with Crippen LogP contribution in [0, 0.1) is 0 Å². The summed E-state index contributed by atoms with van der Waals surface area (Å²) < 4.78 is 2.61. The van der Waals surface area contributed by atoms with Gasteiger partial charge in [-0.25, -0.2) is 0 Å². The highest BCUT2D eigenvalue weighted by Gasteiger charge is 2.03. The van der Waals surface area contributed by atoms with Gasteiger partial charge in [0.1, 0.15) is 0 Å². The minimum absolute atomic E-state index is 0.100. The molecule has 18 heavy (non-hydrogen) atoms. The lowest BCUT2D eigenvalue weighted by Gasteiger charge is -2.06. The molecule has 0 saturated carbocycles. The zero-order valence-corrected chi connectivity index (χ0v) is 11.4. The molecule has 0 radical (unpaired) electrons. The quantitative estimate of drug-likeness (QED) is 0.910. The molecule has 0 aliphatic heterocycles. The van der Waals surface area contributed by atoms with E-state index in [0.717, 1.165) is 15.8 Å². The highest BCUT2D eigenvalue weighted by molar-refractivity contribution is 9.10. The second kappa shape index (κ2) is 5.68. The largest absolute Gasteiger partial charge is 0.374 e. The summed E-state index contributed by atoms with van der Waals surface area (Å²) in [5.41, 5.74) is 1.59. The van der Waals surface area contributed by atoms with E-state index >= 15 is 0 Å². The van der Waals surface area contributed by atoms with Crippen molar-refractivity contribution in [1.29, 1.82) is 0 Å². The summed E-state index contributed by atoms with van der Waals surface area (Å²) in [6.07, 6.45) is 3.48. The minimum Gasteiger partial charge on any atom is -0.374 e. The maximum Gasteiger partial charge on any atom is 0.243 e. The lowest BCUT2D eigenvalue weighted by Crippen LogP contribution is -2.21. The smallest absolute Gasteiger partial charge is 0.243 e. The second-order valence-corrected chi connectivity index (χ2v) is 4.73. The number of carbonyl (C=O) groups excluding carboxylic acids is 1. The molecule has 0 aliphatic rings. The number of rotatable bonds is 4. The minimum atomic E-state index is -0.100. The van der Waals surface area contributed by atoms with E-state index in [4.69, 9.17) is 0 Å². The van der Waals surface area contributed by atoms with Crippen molar-refractivity contribution >= 4 is 33.2 Å². The molecule has 0 spiro atoms. The van der Waals surface area contributed by atoms with Crippen LogP contribution in [0.15, 0.2) is 41.1 Å². The van der Waals surface area contributed by atoms with Gasteiger partial charge < -0.3 is 10.6 Å². The molecule has 0 unspecified atom stereocenters. The van der Waals surface area contributed by atoms with Crippen molar-refractivity contribution in [3.63, 3.8) is 0 Å². The van der Waals surface area contributed by atoms with Gasteiger partial charge in [0.25, 0.3) is 0 Å². The number of aromatic nitrogens is 2. The molecule has 0 atom stereocenters. The number of halogens is 1. The summed E-state index contributed by atoms with van der Waals surface area (Å²) in [7, 11) is 1.83. The van der Waals surface area contributed by atoms with Crippen LogP contribution < -0.4 is 10.6 Å². The molecule has 2 N–H and O–H groups in total. The van der Waals surface area contributed by atoms with Gasteiger partial charge in [-0.1, -0.05) is 22.0 Å². The van der Waals surface area contributed by atoms with Crippen LogP contribution in [0.1, 0.15) is 0 Å². The molecule has 5 nitrogen and oxygen atoms in total. The Kier molecular flexibility index (Phi) is 3.99. The molecular formula is C12H13BrN4O. The third-order valence-corrected chi connectivity index (χ3v) is 2.76.